The molecular formula is C20H18N2O11S3. The standard InChI is InChI=1S/C20H18N2O11S3/c21-6-7-22-14(23)9-33-18-12-5-4-10-2-1-3-11-8-13(34(24,25)26)17(16(12)15(10)11)19(35(27,28)29)20(18)36(30,31)32/h1-5,8H,6-7,9,21H2,(H,22,23)(H,24,25,26)(H,27,28,29)(H,30,31,32). The first-order valence-electron chi connectivity index (χ1n) is 9.95. The molecule has 6 N–H and O–H groups in total. The molecule has 36 heavy (non-hydrogen) atoms. The van der Waals surface area contributed by atoms with Crippen molar-refractivity contribution in [2.24, 2.45) is 5.73 Å². The van der Waals surface area contributed by atoms with Crippen molar-refractivity contribution in [1.29, 1.82) is 0 Å². The van der Waals surface area contributed by atoms with E-state index < -0.39 is 68.7 Å². The number of nitrogens with one attached hydrogen (secondary N) is 1. The third-order valence-electron chi connectivity index (χ3n) is 5.35. The summed E-state index contributed by atoms with van der Waals surface area (Å²) in [5.41, 5.74) is 5.31. The average molecular weight is 559 g/mol. The summed E-state index contributed by atoms with van der Waals surface area (Å²) in [6.07, 6.45) is 0. The molecule has 0 aliphatic heterocycles. The van der Waals surface area contributed by atoms with E-state index in [4.69, 9.17) is 10.5 Å². The van der Waals surface area contributed by atoms with Crippen molar-refractivity contribution in [3.63, 3.8) is 0 Å². The van der Waals surface area contributed by atoms with E-state index in [1.807, 2.05) is 0 Å². The predicted molar refractivity (Wildman–Crippen MR) is 127 cm³/mol. The van der Waals surface area contributed by atoms with Gasteiger partial charge in [-0.2, -0.15) is 25.3 Å². The normalized spacial score (nSPS) is 13.0. The Morgan fingerprint density at radius 1 is 0.833 bits per heavy atom. The lowest BCUT2D eigenvalue weighted by molar-refractivity contribution is -0.123. The maximum absolute atomic E-state index is 12.5. The van der Waals surface area contributed by atoms with E-state index in [9.17, 15) is 43.7 Å². The summed E-state index contributed by atoms with van der Waals surface area (Å²) in [5.74, 6) is -1.61. The van der Waals surface area contributed by atoms with E-state index in [1.165, 1.54) is 18.2 Å². The van der Waals surface area contributed by atoms with Gasteiger partial charge in [0, 0.05) is 29.2 Å². The number of carbonyl (C=O) groups is 1. The van der Waals surface area contributed by atoms with Gasteiger partial charge in [-0.25, -0.2) is 0 Å². The number of hydrogen-bond donors (Lipinski definition) is 5. The van der Waals surface area contributed by atoms with Gasteiger partial charge in [0.15, 0.2) is 17.3 Å². The minimum absolute atomic E-state index is 0.0415. The monoisotopic (exact) mass is 558 g/mol. The summed E-state index contributed by atoms with van der Waals surface area (Å²) < 4.78 is 110. The molecule has 0 aliphatic rings. The fourth-order valence-corrected chi connectivity index (χ4v) is 7.08. The first-order chi connectivity index (χ1) is 16.7. The lowest BCUT2D eigenvalue weighted by Crippen LogP contribution is -2.33. The van der Waals surface area contributed by atoms with Crippen LogP contribution < -0.4 is 15.8 Å². The number of nitrogens with two attached hydrogens (primary N) is 1. The van der Waals surface area contributed by atoms with Gasteiger partial charge in [-0.1, -0.05) is 24.3 Å². The molecule has 16 heteroatoms. The van der Waals surface area contributed by atoms with Crippen LogP contribution in [0, 0.1) is 0 Å². The molecular weight excluding hydrogens is 540 g/mol. The van der Waals surface area contributed by atoms with Crippen molar-refractivity contribution in [2.75, 3.05) is 19.7 Å². The Labute approximate surface area is 204 Å². The molecule has 0 fully saturated rings. The highest BCUT2D eigenvalue weighted by Crippen LogP contribution is 2.48. The second-order valence-corrected chi connectivity index (χ2v) is 11.8. The van der Waals surface area contributed by atoms with E-state index in [-0.39, 0.29) is 34.6 Å². The van der Waals surface area contributed by atoms with Crippen LogP contribution in [-0.2, 0) is 35.1 Å². The van der Waals surface area contributed by atoms with Crippen molar-refractivity contribution in [1.82, 2.24) is 5.32 Å². The number of ether oxygens (including phenoxy) is 1. The molecule has 0 aromatic heterocycles. The van der Waals surface area contributed by atoms with Crippen LogP contribution in [0.1, 0.15) is 0 Å². The van der Waals surface area contributed by atoms with Crippen molar-refractivity contribution in [2.45, 2.75) is 14.7 Å². The van der Waals surface area contributed by atoms with E-state index in [2.05, 4.69) is 5.32 Å². The molecule has 0 heterocycles. The molecule has 0 saturated carbocycles. The molecule has 0 atom stereocenters. The van der Waals surface area contributed by atoms with Crippen LogP contribution in [0.5, 0.6) is 5.75 Å². The third kappa shape index (κ3) is 4.43. The third-order valence-corrected chi connectivity index (χ3v) is 8.19. The highest BCUT2D eigenvalue weighted by atomic mass is 32.2. The molecule has 4 rings (SSSR count). The van der Waals surface area contributed by atoms with E-state index in [1.54, 1.807) is 12.1 Å². The lowest BCUT2D eigenvalue weighted by Gasteiger charge is -2.21. The Hall–Kier alpha value is -3.12. The van der Waals surface area contributed by atoms with Crippen LogP contribution in [-0.4, -0.2) is 64.5 Å². The van der Waals surface area contributed by atoms with Gasteiger partial charge in [0.2, 0.25) is 0 Å². The summed E-state index contributed by atoms with van der Waals surface area (Å²) in [6.45, 7) is -0.742. The molecule has 4 aromatic carbocycles. The molecule has 0 saturated heterocycles. The Bertz CT molecular complexity index is 1870. The number of carbonyl (C=O) groups excluding carboxylic acids is 1. The number of amides is 1. The van der Waals surface area contributed by atoms with E-state index >= 15 is 0 Å². The van der Waals surface area contributed by atoms with Crippen molar-refractivity contribution in [3.8, 4) is 5.75 Å². The van der Waals surface area contributed by atoms with Crippen LogP contribution in [0.3, 0.4) is 0 Å². The zero-order valence-corrected chi connectivity index (χ0v) is 20.4. The van der Waals surface area contributed by atoms with Crippen LogP contribution in [0.25, 0.3) is 32.3 Å². The summed E-state index contributed by atoms with van der Waals surface area (Å²) in [5, 5.41) is 1.95. The van der Waals surface area contributed by atoms with Crippen molar-refractivity contribution < 1.29 is 48.4 Å². The van der Waals surface area contributed by atoms with Gasteiger partial charge in [0.25, 0.3) is 36.3 Å². The first-order valence-corrected chi connectivity index (χ1v) is 14.3. The van der Waals surface area contributed by atoms with Crippen LogP contribution in [0.4, 0.5) is 0 Å². The Morgan fingerprint density at radius 2 is 1.47 bits per heavy atom. The predicted octanol–water partition coefficient (Wildman–Crippen LogP) is 0.778. The zero-order chi connectivity index (χ0) is 26.6. The summed E-state index contributed by atoms with van der Waals surface area (Å²) in [4.78, 5) is 8.00. The quantitative estimate of drug-likeness (QED) is 0.149. The summed E-state index contributed by atoms with van der Waals surface area (Å²) in [6, 6.07) is 8.26. The fraction of sp³-hybridized carbons (Fsp3) is 0.150. The van der Waals surface area contributed by atoms with E-state index in [0.717, 1.165) is 6.07 Å². The topological polar surface area (TPSA) is 227 Å². The number of hydrogen-bond acceptors (Lipinski definition) is 9. The molecule has 4 aromatic rings. The highest BCUT2D eigenvalue weighted by Gasteiger charge is 2.37. The molecule has 0 unspecified atom stereocenters. The average Bonchev–Trinajstić information content (AvgIpc) is 2.76. The summed E-state index contributed by atoms with van der Waals surface area (Å²) in [7, 11) is -16.4. The van der Waals surface area contributed by atoms with Crippen LogP contribution in [0.15, 0.2) is 51.1 Å². The first kappa shape index (κ1) is 26.0. The molecule has 0 radical (unpaired) electrons. The minimum Gasteiger partial charge on any atom is -0.482 e. The molecule has 0 bridgehead atoms. The zero-order valence-electron chi connectivity index (χ0n) is 18.0. The number of rotatable bonds is 8. The van der Waals surface area contributed by atoms with Crippen LogP contribution >= 0.6 is 0 Å². The second kappa shape index (κ2) is 8.77. The molecule has 192 valence electrons. The van der Waals surface area contributed by atoms with Gasteiger partial charge in [-0.05, 0) is 28.3 Å². The van der Waals surface area contributed by atoms with Gasteiger partial charge in [-0.15, -0.1) is 0 Å². The minimum atomic E-state index is -5.61. The summed E-state index contributed by atoms with van der Waals surface area (Å²) >= 11 is 0. The number of benzene rings is 4. The van der Waals surface area contributed by atoms with Gasteiger partial charge in [-0.3, -0.25) is 18.5 Å². The molecule has 0 spiro atoms. The maximum atomic E-state index is 12.5. The van der Waals surface area contributed by atoms with Gasteiger partial charge >= 0.3 is 0 Å². The van der Waals surface area contributed by atoms with Gasteiger partial charge < -0.3 is 15.8 Å². The second-order valence-electron chi connectivity index (χ2n) is 7.66. The maximum Gasteiger partial charge on any atom is 0.299 e. The molecule has 1 amide bonds. The fourth-order valence-electron chi connectivity index (χ4n) is 4.11. The van der Waals surface area contributed by atoms with Gasteiger partial charge in [0.05, 0.1) is 0 Å². The Kier molecular flexibility index (Phi) is 6.32. The smallest absolute Gasteiger partial charge is 0.299 e. The van der Waals surface area contributed by atoms with E-state index in [0.29, 0.717) is 5.39 Å². The Morgan fingerprint density at radius 3 is 2.06 bits per heavy atom. The SMILES string of the molecule is NCCNC(=O)COc1c(S(=O)(=O)O)c(S(=O)(=O)O)c2c(S(=O)(=O)O)cc3cccc4ccc1c2c43. The van der Waals surface area contributed by atoms with Crippen molar-refractivity contribution >= 4 is 68.6 Å². The molecule has 0 aliphatic carbocycles. The molecule has 13 nitrogen and oxygen atoms in total. The van der Waals surface area contributed by atoms with Crippen LogP contribution in [0.2, 0.25) is 0 Å². The van der Waals surface area contributed by atoms with Gasteiger partial charge in [0.1, 0.15) is 9.79 Å². The van der Waals surface area contributed by atoms with Crippen molar-refractivity contribution in [3.05, 3.63) is 36.4 Å². The Balaban J connectivity index is 2.30. The lowest BCUT2D eigenvalue weighted by atomic mass is 9.93. The largest absolute Gasteiger partial charge is 0.482 e. The highest BCUT2D eigenvalue weighted by molar-refractivity contribution is 7.89.